The summed E-state index contributed by atoms with van der Waals surface area (Å²) in [7, 11) is -1.87. The Balaban J connectivity index is 2.01. The second-order valence-corrected chi connectivity index (χ2v) is 10.0. The smallest absolute Gasteiger partial charge is 0.417 e. The number of benzene rings is 3. The Morgan fingerprint density at radius 1 is 0.946 bits per heavy atom. The van der Waals surface area contributed by atoms with Crippen molar-refractivity contribution in [3.8, 4) is 11.5 Å². The molecule has 1 N–H and O–H groups in total. The van der Waals surface area contributed by atoms with Gasteiger partial charge in [0.1, 0.15) is 12.4 Å². The first-order valence-corrected chi connectivity index (χ1v) is 12.3. The number of anilines is 2. The van der Waals surface area contributed by atoms with Crippen LogP contribution in [-0.2, 0) is 21.0 Å². The molecule has 0 atom stereocenters. The van der Waals surface area contributed by atoms with Crippen LogP contribution in [0, 0.1) is 5.82 Å². The Labute approximate surface area is 219 Å². The molecule has 3 aromatic carbocycles. The number of rotatable bonds is 8. The Morgan fingerprint density at radius 3 is 2.22 bits per heavy atom. The lowest BCUT2D eigenvalue weighted by atomic mass is 10.2. The van der Waals surface area contributed by atoms with E-state index in [9.17, 15) is 30.8 Å². The minimum atomic E-state index is -4.79. The lowest BCUT2D eigenvalue weighted by Gasteiger charge is -2.25. The second kappa shape index (κ2) is 11.0. The number of sulfonamides is 1. The van der Waals surface area contributed by atoms with Crippen molar-refractivity contribution >= 4 is 50.5 Å². The summed E-state index contributed by atoms with van der Waals surface area (Å²) in [6, 6.07) is 9.33. The zero-order valence-corrected chi connectivity index (χ0v) is 21.4. The first kappa shape index (κ1) is 28.4. The Hall–Kier alpha value is -3.22. The Morgan fingerprint density at radius 2 is 1.62 bits per heavy atom. The molecule has 0 spiro atoms. The van der Waals surface area contributed by atoms with Gasteiger partial charge in [0.05, 0.1) is 40.4 Å². The third kappa shape index (κ3) is 6.38. The van der Waals surface area contributed by atoms with Crippen LogP contribution in [0.25, 0.3) is 0 Å². The van der Waals surface area contributed by atoms with E-state index in [1.165, 1.54) is 26.4 Å². The van der Waals surface area contributed by atoms with E-state index >= 15 is 0 Å². The van der Waals surface area contributed by atoms with Crippen molar-refractivity contribution in [2.75, 3.05) is 30.4 Å². The molecule has 0 bridgehead atoms. The van der Waals surface area contributed by atoms with Crippen molar-refractivity contribution in [3.63, 3.8) is 0 Å². The minimum absolute atomic E-state index is 0.0750. The van der Waals surface area contributed by atoms with Gasteiger partial charge >= 0.3 is 6.18 Å². The van der Waals surface area contributed by atoms with Gasteiger partial charge in [0, 0.05) is 11.8 Å². The van der Waals surface area contributed by atoms with E-state index < -0.39 is 50.1 Å². The van der Waals surface area contributed by atoms with Gasteiger partial charge in [-0.05, 0) is 48.5 Å². The number of nitrogens with zero attached hydrogens (tertiary/aromatic N) is 1. The highest BCUT2D eigenvalue weighted by Gasteiger charge is 2.34. The third-order valence-electron chi connectivity index (χ3n) is 4.98. The second-order valence-electron chi connectivity index (χ2n) is 7.37. The average Bonchev–Trinajstić information content (AvgIpc) is 2.84. The van der Waals surface area contributed by atoms with Crippen LogP contribution < -0.4 is 19.1 Å². The fourth-order valence-corrected chi connectivity index (χ4v) is 5.04. The molecule has 37 heavy (non-hydrogen) atoms. The van der Waals surface area contributed by atoms with Crippen molar-refractivity contribution in [1.82, 2.24) is 0 Å². The fraction of sp³-hybridized carbons (Fsp3) is 0.174. The number of nitrogens with one attached hydrogen (secondary N) is 1. The summed E-state index contributed by atoms with van der Waals surface area (Å²) in [4.78, 5) is 12.5. The van der Waals surface area contributed by atoms with Gasteiger partial charge in [-0.1, -0.05) is 23.2 Å². The predicted octanol–water partition coefficient (Wildman–Crippen LogP) is 6.00. The van der Waals surface area contributed by atoms with Crippen LogP contribution in [0.1, 0.15) is 5.56 Å². The Bertz CT molecular complexity index is 1440. The van der Waals surface area contributed by atoms with Crippen molar-refractivity contribution in [3.05, 3.63) is 76.0 Å². The molecule has 0 aliphatic carbocycles. The fourth-order valence-electron chi connectivity index (χ4n) is 3.21. The highest BCUT2D eigenvalue weighted by molar-refractivity contribution is 7.92. The summed E-state index contributed by atoms with van der Waals surface area (Å²) in [6.45, 7) is -0.900. The molecule has 7 nitrogen and oxygen atoms in total. The topological polar surface area (TPSA) is 84.9 Å². The molecule has 0 aliphatic rings. The maximum atomic E-state index is 13.8. The van der Waals surface area contributed by atoms with Crippen LogP contribution in [0.2, 0.25) is 10.0 Å². The first-order chi connectivity index (χ1) is 17.3. The lowest BCUT2D eigenvalue weighted by molar-refractivity contribution is -0.137. The summed E-state index contributed by atoms with van der Waals surface area (Å²) in [6.07, 6.45) is -4.79. The van der Waals surface area contributed by atoms with Gasteiger partial charge in [-0.25, -0.2) is 12.8 Å². The van der Waals surface area contributed by atoms with Crippen LogP contribution >= 0.6 is 23.2 Å². The maximum Gasteiger partial charge on any atom is 0.417 e. The summed E-state index contributed by atoms with van der Waals surface area (Å²) in [5.41, 5.74) is -1.64. The number of hydrogen-bond acceptors (Lipinski definition) is 5. The standard InChI is InChI=1S/C23H18Cl2F4N2O5S/c1-35-20-8-5-15(11-21(20)36-2)37(33,34)31(14-4-7-19(26)18(25)10-14)12-22(32)30-13-3-6-17(24)16(9-13)23(27,28)29/h3-11H,12H2,1-2H3,(H,30,32). The zero-order valence-electron chi connectivity index (χ0n) is 19.1. The Kier molecular flexibility index (Phi) is 8.45. The van der Waals surface area contributed by atoms with Crippen LogP contribution in [-0.4, -0.2) is 35.1 Å². The minimum Gasteiger partial charge on any atom is -0.493 e. The number of alkyl halides is 3. The number of hydrogen-bond donors (Lipinski definition) is 1. The molecule has 0 saturated heterocycles. The first-order valence-electron chi connectivity index (χ1n) is 10.1. The maximum absolute atomic E-state index is 13.8. The molecule has 0 fully saturated rings. The predicted molar refractivity (Wildman–Crippen MR) is 131 cm³/mol. The van der Waals surface area contributed by atoms with Crippen LogP contribution in [0.4, 0.5) is 28.9 Å². The van der Waals surface area contributed by atoms with E-state index in [0.29, 0.717) is 10.4 Å². The largest absolute Gasteiger partial charge is 0.493 e. The third-order valence-corrected chi connectivity index (χ3v) is 7.37. The van der Waals surface area contributed by atoms with Gasteiger partial charge in [0.25, 0.3) is 10.0 Å². The zero-order chi connectivity index (χ0) is 27.5. The summed E-state index contributed by atoms with van der Waals surface area (Å²) in [5, 5.41) is 1.22. The number of methoxy groups -OCH3 is 2. The molecule has 0 saturated carbocycles. The molecular formula is C23H18Cl2F4N2O5S. The number of halogens is 6. The highest BCUT2D eigenvalue weighted by Crippen LogP contribution is 2.37. The van der Waals surface area contributed by atoms with Crippen molar-refractivity contribution in [2.24, 2.45) is 0 Å². The molecule has 0 aromatic heterocycles. The molecular weight excluding hydrogens is 563 g/mol. The van der Waals surface area contributed by atoms with Gasteiger partial charge in [0.15, 0.2) is 11.5 Å². The van der Waals surface area contributed by atoms with Crippen LogP contribution in [0.3, 0.4) is 0 Å². The van der Waals surface area contributed by atoms with E-state index in [-0.39, 0.29) is 27.8 Å². The van der Waals surface area contributed by atoms with Gasteiger partial charge in [-0.15, -0.1) is 0 Å². The molecule has 0 radical (unpaired) electrons. The normalized spacial score (nSPS) is 11.7. The molecule has 14 heteroatoms. The van der Waals surface area contributed by atoms with E-state index in [1.807, 2.05) is 0 Å². The van der Waals surface area contributed by atoms with Gasteiger partial charge in [-0.2, -0.15) is 13.2 Å². The number of carbonyl (C=O) groups is 1. The summed E-state index contributed by atoms with van der Waals surface area (Å²) < 4.78 is 91.3. The summed E-state index contributed by atoms with van der Waals surface area (Å²) >= 11 is 11.4. The molecule has 1 amide bonds. The summed E-state index contributed by atoms with van der Waals surface area (Å²) in [5.74, 6) is -1.52. The van der Waals surface area contributed by atoms with Gasteiger partial charge in [-0.3, -0.25) is 9.10 Å². The van der Waals surface area contributed by atoms with Crippen LogP contribution in [0.15, 0.2) is 59.5 Å². The van der Waals surface area contributed by atoms with Gasteiger partial charge in [0.2, 0.25) is 5.91 Å². The van der Waals surface area contributed by atoms with E-state index in [4.69, 9.17) is 32.7 Å². The van der Waals surface area contributed by atoms with Crippen molar-refractivity contribution < 1.29 is 40.2 Å². The van der Waals surface area contributed by atoms with E-state index in [0.717, 1.165) is 36.4 Å². The highest BCUT2D eigenvalue weighted by atomic mass is 35.5. The number of ether oxygens (including phenoxy) is 2. The SMILES string of the molecule is COc1ccc(S(=O)(=O)N(CC(=O)Nc2ccc(Cl)c(C(F)(F)F)c2)c2ccc(F)c(Cl)c2)cc1OC. The van der Waals surface area contributed by atoms with Crippen molar-refractivity contribution in [1.29, 1.82) is 0 Å². The van der Waals surface area contributed by atoms with Crippen molar-refractivity contribution in [2.45, 2.75) is 11.1 Å². The van der Waals surface area contributed by atoms with Crippen LogP contribution in [0.5, 0.6) is 11.5 Å². The van der Waals surface area contributed by atoms with Gasteiger partial charge < -0.3 is 14.8 Å². The molecule has 3 aromatic rings. The molecule has 198 valence electrons. The number of amides is 1. The quantitative estimate of drug-likeness (QED) is 0.330. The lowest BCUT2D eigenvalue weighted by Crippen LogP contribution is -2.38. The van der Waals surface area contributed by atoms with E-state index in [2.05, 4.69) is 5.32 Å². The van der Waals surface area contributed by atoms with E-state index in [1.54, 1.807) is 0 Å². The molecule has 3 rings (SSSR count). The molecule has 0 unspecified atom stereocenters. The molecule has 0 aliphatic heterocycles. The monoisotopic (exact) mass is 580 g/mol. The number of carbonyl (C=O) groups excluding carboxylic acids is 1. The molecule has 0 heterocycles. The average molecular weight is 581 g/mol.